The molecule has 0 amide bonds. The van der Waals surface area contributed by atoms with Crippen molar-refractivity contribution in [2.24, 2.45) is 7.05 Å². The molecule has 4 rings (SSSR count). The topological polar surface area (TPSA) is 11.4 Å². The second-order valence-corrected chi connectivity index (χ2v) is 8.09. The number of anilines is 2. The van der Waals surface area contributed by atoms with E-state index in [2.05, 4.69) is 128 Å². The highest BCUT2D eigenvalue weighted by molar-refractivity contribution is 5.82. The summed E-state index contributed by atoms with van der Waals surface area (Å²) in [4.78, 5) is 4.28. The molecule has 1 heterocycles. The van der Waals surface area contributed by atoms with Crippen LogP contribution < -0.4 is 9.80 Å². The third-order valence-electron chi connectivity index (χ3n) is 5.77. The lowest BCUT2D eigenvalue weighted by Gasteiger charge is -2.22. The first-order valence-corrected chi connectivity index (χ1v) is 10.0. The zero-order valence-electron chi connectivity index (χ0n) is 17.9. The van der Waals surface area contributed by atoms with E-state index in [0.29, 0.717) is 0 Å². The first-order chi connectivity index (χ1) is 14.0. The van der Waals surface area contributed by atoms with Gasteiger partial charge in [-0.25, -0.2) is 0 Å². The minimum atomic E-state index is 0.180. The van der Waals surface area contributed by atoms with Gasteiger partial charge in [-0.1, -0.05) is 42.5 Å². The molecule has 0 bridgehead atoms. The van der Waals surface area contributed by atoms with Gasteiger partial charge in [0.2, 0.25) is 0 Å². The Morgan fingerprint density at radius 3 is 1.59 bits per heavy atom. The van der Waals surface area contributed by atoms with Crippen molar-refractivity contribution in [3.05, 3.63) is 95.7 Å². The second-order valence-electron chi connectivity index (χ2n) is 8.09. The first-order valence-electron chi connectivity index (χ1n) is 10.0. The molecule has 3 aromatic carbocycles. The van der Waals surface area contributed by atoms with E-state index in [1.165, 1.54) is 39.1 Å². The van der Waals surface area contributed by atoms with Gasteiger partial charge in [-0.05, 0) is 52.9 Å². The fourth-order valence-corrected chi connectivity index (χ4v) is 4.05. The van der Waals surface area contributed by atoms with Crippen molar-refractivity contribution in [3.63, 3.8) is 0 Å². The maximum absolute atomic E-state index is 2.33. The largest absolute Gasteiger partial charge is 0.378 e. The van der Waals surface area contributed by atoms with Gasteiger partial charge in [0.25, 0.3) is 0 Å². The molecular formula is C26H29N3. The van der Waals surface area contributed by atoms with Crippen LogP contribution in [0, 0.1) is 0 Å². The zero-order chi connectivity index (χ0) is 20.5. The highest BCUT2D eigenvalue weighted by Crippen LogP contribution is 2.36. The SMILES string of the molecule is CN(C)c1ccc(C(c2ccc(N(C)C)cc2)c2cc3ccccc3n2C)cc1. The van der Waals surface area contributed by atoms with Gasteiger partial charge in [0.15, 0.2) is 0 Å². The van der Waals surface area contributed by atoms with Crippen molar-refractivity contribution in [2.45, 2.75) is 5.92 Å². The van der Waals surface area contributed by atoms with E-state index in [0.717, 1.165) is 0 Å². The number of fused-ring (bicyclic) bond motifs is 1. The first kappa shape index (κ1) is 19.1. The molecule has 0 saturated heterocycles. The predicted octanol–water partition coefficient (Wildman–Crippen LogP) is 5.49. The third kappa shape index (κ3) is 3.61. The van der Waals surface area contributed by atoms with Crippen LogP contribution in [0.3, 0.4) is 0 Å². The second kappa shape index (κ2) is 7.67. The Bertz CT molecular complexity index is 1050. The lowest BCUT2D eigenvalue weighted by atomic mass is 9.88. The van der Waals surface area contributed by atoms with Crippen molar-refractivity contribution in [3.8, 4) is 0 Å². The number of hydrogen-bond donors (Lipinski definition) is 0. The Labute approximate surface area is 173 Å². The molecule has 0 saturated carbocycles. The molecule has 3 heteroatoms. The highest BCUT2D eigenvalue weighted by Gasteiger charge is 2.21. The van der Waals surface area contributed by atoms with Gasteiger partial charge in [0, 0.05) is 63.7 Å². The Hall–Kier alpha value is -3.20. The minimum absolute atomic E-state index is 0.180. The molecular weight excluding hydrogens is 354 g/mol. The standard InChI is InChI=1S/C26H29N3/c1-27(2)22-14-10-19(11-15-22)26(20-12-16-23(17-13-20)28(3)4)25-18-21-8-6-7-9-24(21)29(25)5/h6-18,26H,1-5H3. The van der Waals surface area contributed by atoms with Crippen LogP contribution in [0.5, 0.6) is 0 Å². The van der Waals surface area contributed by atoms with Crippen LogP contribution in [0.2, 0.25) is 0 Å². The van der Waals surface area contributed by atoms with Crippen molar-refractivity contribution in [2.75, 3.05) is 38.0 Å². The fraction of sp³-hybridized carbons (Fsp3) is 0.231. The molecule has 1 aromatic heterocycles. The van der Waals surface area contributed by atoms with E-state index >= 15 is 0 Å². The van der Waals surface area contributed by atoms with Crippen molar-refractivity contribution in [1.29, 1.82) is 0 Å². The fourth-order valence-electron chi connectivity index (χ4n) is 4.05. The predicted molar refractivity (Wildman–Crippen MR) is 125 cm³/mol. The number of rotatable bonds is 5. The van der Waals surface area contributed by atoms with Gasteiger partial charge in [-0.3, -0.25) is 0 Å². The summed E-state index contributed by atoms with van der Waals surface area (Å²) in [7, 11) is 10.5. The van der Waals surface area contributed by atoms with Crippen LogP contribution >= 0.6 is 0 Å². The molecule has 0 fully saturated rings. The van der Waals surface area contributed by atoms with Crippen LogP contribution in [0.4, 0.5) is 11.4 Å². The monoisotopic (exact) mass is 383 g/mol. The van der Waals surface area contributed by atoms with Crippen molar-refractivity contribution in [1.82, 2.24) is 4.57 Å². The number of aryl methyl sites for hydroxylation is 1. The van der Waals surface area contributed by atoms with E-state index in [1.54, 1.807) is 0 Å². The summed E-state index contributed by atoms with van der Waals surface area (Å²) in [6.07, 6.45) is 0. The van der Waals surface area contributed by atoms with E-state index < -0.39 is 0 Å². The molecule has 29 heavy (non-hydrogen) atoms. The summed E-state index contributed by atoms with van der Waals surface area (Å²) >= 11 is 0. The summed E-state index contributed by atoms with van der Waals surface area (Å²) in [6, 6.07) is 28.8. The Kier molecular flexibility index (Phi) is 5.06. The average molecular weight is 384 g/mol. The highest BCUT2D eigenvalue weighted by atomic mass is 15.1. The van der Waals surface area contributed by atoms with E-state index in [-0.39, 0.29) is 5.92 Å². The summed E-state index contributed by atoms with van der Waals surface area (Å²) in [5.41, 5.74) is 7.61. The third-order valence-corrected chi connectivity index (χ3v) is 5.77. The average Bonchev–Trinajstić information content (AvgIpc) is 3.05. The molecule has 0 unspecified atom stereocenters. The molecule has 0 atom stereocenters. The molecule has 148 valence electrons. The van der Waals surface area contributed by atoms with Crippen LogP contribution in [0.1, 0.15) is 22.7 Å². The number of hydrogen-bond acceptors (Lipinski definition) is 2. The molecule has 0 spiro atoms. The summed E-state index contributed by atoms with van der Waals surface area (Å²) < 4.78 is 2.33. The van der Waals surface area contributed by atoms with Gasteiger partial charge in [-0.2, -0.15) is 0 Å². The van der Waals surface area contributed by atoms with Gasteiger partial charge < -0.3 is 14.4 Å². The number of para-hydroxylation sites is 1. The minimum Gasteiger partial charge on any atom is -0.378 e. The molecule has 0 aliphatic heterocycles. The lowest BCUT2D eigenvalue weighted by Crippen LogP contribution is -2.11. The number of aromatic nitrogens is 1. The van der Waals surface area contributed by atoms with Crippen LogP contribution in [0.25, 0.3) is 10.9 Å². The zero-order valence-corrected chi connectivity index (χ0v) is 17.9. The van der Waals surface area contributed by atoms with E-state index in [9.17, 15) is 0 Å². The molecule has 0 aliphatic carbocycles. The lowest BCUT2D eigenvalue weighted by molar-refractivity contribution is 0.815. The molecule has 4 aromatic rings. The summed E-state index contributed by atoms with van der Waals surface area (Å²) in [5, 5.41) is 1.28. The van der Waals surface area contributed by atoms with Crippen LogP contribution in [-0.2, 0) is 7.05 Å². The normalized spacial score (nSPS) is 11.2. The Morgan fingerprint density at radius 2 is 1.14 bits per heavy atom. The molecule has 0 N–H and O–H groups in total. The summed E-state index contributed by atoms with van der Waals surface area (Å²) in [6.45, 7) is 0. The smallest absolute Gasteiger partial charge is 0.0493 e. The van der Waals surface area contributed by atoms with Crippen molar-refractivity contribution < 1.29 is 0 Å². The van der Waals surface area contributed by atoms with Gasteiger partial charge in [0.1, 0.15) is 0 Å². The number of benzene rings is 3. The Morgan fingerprint density at radius 1 is 0.655 bits per heavy atom. The maximum Gasteiger partial charge on any atom is 0.0493 e. The van der Waals surface area contributed by atoms with Crippen LogP contribution in [0.15, 0.2) is 78.9 Å². The van der Waals surface area contributed by atoms with Gasteiger partial charge >= 0.3 is 0 Å². The van der Waals surface area contributed by atoms with Crippen LogP contribution in [-0.4, -0.2) is 32.8 Å². The van der Waals surface area contributed by atoms with Gasteiger partial charge in [-0.15, -0.1) is 0 Å². The molecule has 0 aliphatic rings. The quantitative estimate of drug-likeness (QED) is 0.451. The Balaban J connectivity index is 1.87. The summed E-state index contributed by atoms with van der Waals surface area (Å²) in [5.74, 6) is 0.180. The maximum atomic E-state index is 2.33. The molecule has 0 radical (unpaired) electrons. The van der Waals surface area contributed by atoms with E-state index in [4.69, 9.17) is 0 Å². The number of nitrogens with zero attached hydrogens (tertiary/aromatic N) is 3. The van der Waals surface area contributed by atoms with E-state index in [1.807, 2.05) is 0 Å². The van der Waals surface area contributed by atoms with Gasteiger partial charge in [0.05, 0.1) is 0 Å². The molecule has 3 nitrogen and oxygen atoms in total. The van der Waals surface area contributed by atoms with Crippen molar-refractivity contribution >= 4 is 22.3 Å².